The molecule has 2 atom stereocenters. The van der Waals surface area contributed by atoms with Crippen molar-refractivity contribution in [2.24, 2.45) is 0 Å². The number of aromatic amines is 1. The van der Waals surface area contributed by atoms with Crippen LogP contribution < -0.4 is 5.32 Å². The zero-order valence-electron chi connectivity index (χ0n) is 11.9. The Kier molecular flexibility index (Phi) is 4.15. The Morgan fingerprint density at radius 3 is 2.82 bits per heavy atom. The van der Waals surface area contributed by atoms with Gasteiger partial charge in [0.2, 0.25) is 0 Å². The molecule has 1 aliphatic carbocycles. The highest BCUT2D eigenvalue weighted by Crippen LogP contribution is 2.26. The van der Waals surface area contributed by atoms with E-state index in [1.165, 1.54) is 12.4 Å². The third-order valence-electron chi connectivity index (χ3n) is 4.04. The second-order valence-electron chi connectivity index (χ2n) is 5.63. The van der Waals surface area contributed by atoms with Crippen LogP contribution in [0.4, 0.5) is 13.2 Å². The lowest BCUT2D eigenvalue weighted by atomic mass is 9.92. The van der Waals surface area contributed by atoms with Gasteiger partial charge in [0.15, 0.2) is 0 Å². The molecule has 0 radical (unpaired) electrons. The second-order valence-corrected chi connectivity index (χ2v) is 5.63. The molecule has 2 N–H and O–H groups in total. The van der Waals surface area contributed by atoms with Gasteiger partial charge in [0, 0.05) is 24.1 Å². The molecule has 2 heterocycles. The molecule has 0 spiro atoms. The molecule has 0 fully saturated rings. The monoisotopic (exact) mass is 310 g/mol. The van der Waals surface area contributed by atoms with Crippen LogP contribution in [0.1, 0.15) is 23.2 Å². The standard InChI is InChI=1S/C15H17F3N4/c16-15(17,18)14(7-10-3-5-19-6-4-10)21-12-1-2-13-11(8-12)9-20-22-13/h3-6,9,12,14,21H,1-2,7-8H2,(H,20,22)/t12-,14-/m0/s1. The van der Waals surface area contributed by atoms with Crippen LogP contribution in [-0.4, -0.2) is 33.4 Å². The lowest BCUT2D eigenvalue weighted by Crippen LogP contribution is -2.50. The summed E-state index contributed by atoms with van der Waals surface area (Å²) in [4.78, 5) is 3.84. The van der Waals surface area contributed by atoms with E-state index in [4.69, 9.17) is 0 Å². The molecule has 0 saturated heterocycles. The molecular formula is C15H17F3N4. The van der Waals surface area contributed by atoms with Crippen LogP contribution in [0.3, 0.4) is 0 Å². The number of nitrogens with one attached hydrogen (secondary N) is 2. The van der Waals surface area contributed by atoms with Crippen LogP contribution in [0.2, 0.25) is 0 Å². The number of halogens is 3. The van der Waals surface area contributed by atoms with Crippen LogP contribution >= 0.6 is 0 Å². The predicted octanol–water partition coefficient (Wildman–Crippen LogP) is 2.43. The van der Waals surface area contributed by atoms with Crippen molar-refractivity contribution in [1.29, 1.82) is 0 Å². The molecule has 0 unspecified atom stereocenters. The smallest absolute Gasteiger partial charge is 0.303 e. The Balaban J connectivity index is 1.69. The number of aryl methyl sites for hydroxylation is 1. The Labute approximate surface area is 126 Å². The third-order valence-corrected chi connectivity index (χ3v) is 4.04. The van der Waals surface area contributed by atoms with Crippen molar-refractivity contribution in [3.63, 3.8) is 0 Å². The molecular weight excluding hydrogens is 293 g/mol. The quantitative estimate of drug-likeness (QED) is 0.912. The average Bonchev–Trinajstić information content (AvgIpc) is 2.94. The molecule has 0 saturated carbocycles. The summed E-state index contributed by atoms with van der Waals surface area (Å²) in [7, 11) is 0. The van der Waals surface area contributed by atoms with Gasteiger partial charge in [0.05, 0.1) is 6.20 Å². The SMILES string of the molecule is FC(F)(F)[C@H](Cc1ccncc1)N[C@H]1CCc2[nH]ncc2C1. The van der Waals surface area contributed by atoms with Crippen LogP contribution in [0.25, 0.3) is 0 Å². The highest BCUT2D eigenvalue weighted by Gasteiger charge is 2.41. The van der Waals surface area contributed by atoms with Crippen molar-refractivity contribution in [2.45, 2.75) is 43.9 Å². The fourth-order valence-corrected chi connectivity index (χ4v) is 2.87. The summed E-state index contributed by atoms with van der Waals surface area (Å²) in [6.45, 7) is 0. The summed E-state index contributed by atoms with van der Waals surface area (Å²) in [6, 6.07) is 1.51. The van der Waals surface area contributed by atoms with Gasteiger partial charge in [0.1, 0.15) is 6.04 Å². The van der Waals surface area contributed by atoms with Crippen molar-refractivity contribution in [2.75, 3.05) is 0 Å². The number of hydrogen-bond donors (Lipinski definition) is 2. The Bertz CT molecular complexity index is 609. The largest absolute Gasteiger partial charge is 0.404 e. The van der Waals surface area contributed by atoms with Gasteiger partial charge >= 0.3 is 6.18 Å². The fraction of sp³-hybridized carbons (Fsp3) is 0.467. The van der Waals surface area contributed by atoms with Gasteiger partial charge in [-0.2, -0.15) is 18.3 Å². The first-order valence-electron chi connectivity index (χ1n) is 7.25. The first-order valence-corrected chi connectivity index (χ1v) is 7.25. The van der Waals surface area contributed by atoms with E-state index >= 15 is 0 Å². The molecule has 0 bridgehead atoms. The van der Waals surface area contributed by atoms with E-state index in [1.807, 2.05) is 0 Å². The topological polar surface area (TPSA) is 53.6 Å². The maximum absolute atomic E-state index is 13.3. The van der Waals surface area contributed by atoms with Gasteiger partial charge in [-0.1, -0.05) is 0 Å². The van der Waals surface area contributed by atoms with E-state index in [9.17, 15) is 13.2 Å². The Hall–Kier alpha value is -1.89. The molecule has 7 heteroatoms. The molecule has 1 aliphatic rings. The van der Waals surface area contributed by atoms with Gasteiger partial charge in [0.25, 0.3) is 0 Å². The normalized spacial score (nSPS) is 19.7. The average molecular weight is 310 g/mol. The molecule has 118 valence electrons. The molecule has 0 amide bonds. The van der Waals surface area contributed by atoms with E-state index in [2.05, 4.69) is 20.5 Å². The van der Waals surface area contributed by atoms with Crippen molar-refractivity contribution >= 4 is 0 Å². The number of alkyl halides is 3. The van der Waals surface area contributed by atoms with Crippen molar-refractivity contribution in [3.8, 4) is 0 Å². The zero-order valence-corrected chi connectivity index (χ0v) is 11.9. The summed E-state index contributed by atoms with van der Waals surface area (Å²) < 4.78 is 39.9. The summed E-state index contributed by atoms with van der Waals surface area (Å²) >= 11 is 0. The fourth-order valence-electron chi connectivity index (χ4n) is 2.87. The minimum atomic E-state index is -4.28. The first-order chi connectivity index (χ1) is 10.5. The van der Waals surface area contributed by atoms with E-state index in [0.717, 1.165) is 17.7 Å². The first kappa shape index (κ1) is 15.0. The molecule has 2 aromatic rings. The third kappa shape index (κ3) is 3.47. The van der Waals surface area contributed by atoms with Crippen LogP contribution in [-0.2, 0) is 19.3 Å². The van der Waals surface area contributed by atoms with E-state index in [1.54, 1.807) is 18.3 Å². The lowest BCUT2D eigenvalue weighted by molar-refractivity contribution is -0.157. The van der Waals surface area contributed by atoms with Gasteiger partial charge in [-0.15, -0.1) is 0 Å². The zero-order chi connectivity index (χ0) is 15.6. The molecule has 0 aliphatic heterocycles. The van der Waals surface area contributed by atoms with Crippen LogP contribution in [0.15, 0.2) is 30.7 Å². The van der Waals surface area contributed by atoms with E-state index in [-0.39, 0.29) is 12.5 Å². The molecule has 3 rings (SSSR count). The Morgan fingerprint density at radius 2 is 2.09 bits per heavy atom. The van der Waals surface area contributed by atoms with E-state index in [0.29, 0.717) is 18.4 Å². The van der Waals surface area contributed by atoms with Crippen LogP contribution in [0.5, 0.6) is 0 Å². The van der Waals surface area contributed by atoms with Gasteiger partial charge in [-0.05, 0) is 48.9 Å². The second kappa shape index (κ2) is 6.08. The number of fused-ring (bicyclic) bond motifs is 1. The van der Waals surface area contributed by atoms with Gasteiger partial charge in [-0.3, -0.25) is 10.1 Å². The summed E-state index contributed by atoms with van der Waals surface area (Å²) in [5.74, 6) is 0. The number of pyridine rings is 1. The Morgan fingerprint density at radius 1 is 1.32 bits per heavy atom. The molecule has 2 aromatic heterocycles. The predicted molar refractivity (Wildman–Crippen MR) is 75.3 cm³/mol. The number of hydrogen-bond acceptors (Lipinski definition) is 3. The highest BCUT2D eigenvalue weighted by atomic mass is 19.4. The molecule has 22 heavy (non-hydrogen) atoms. The summed E-state index contributed by atoms with van der Waals surface area (Å²) in [5.41, 5.74) is 2.67. The van der Waals surface area contributed by atoms with Gasteiger partial charge in [-0.25, -0.2) is 0 Å². The maximum Gasteiger partial charge on any atom is 0.404 e. The molecule has 0 aromatic carbocycles. The molecule has 4 nitrogen and oxygen atoms in total. The number of H-pyrrole nitrogens is 1. The highest BCUT2D eigenvalue weighted by molar-refractivity contribution is 5.21. The van der Waals surface area contributed by atoms with Crippen LogP contribution in [0, 0.1) is 0 Å². The minimum absolute atomic E-state index is 0.0826. The number of nitrogens with zero attached hydrogens (tertiary/aromatic N) is 2. The summed E-state index contributed by atoms with van der Waals surface area (Å²) in [5, 5.41) is 9.63. The van der Waals surface area contributed by atoms with E-state index < -0.39 is 12.2 Å². The van der Waals surface area contributed by atoms with Crippen molar-refractivity contribution < 1.29 is 13.2 Å². The minimum Gasteiger partial charge on any atom is -0.303 e. The number of aromatic nitrogens is 3. The summed E-state index contributed by atoms with van der Waals surface area (Å²) in [6.07, 6.45) is 2.36. The van der Waals surface area contributed by atoms with Crippen molar-refractivity contribution in [1.82, 2.24) is 20.5 Å². The number of rotatable bonds is 4. The lowest BCUT2D eigenvalue weighted by Gasteiger charge is -2.29. The van der Waals surface area contributed by atoms with Crippen molar-refractivity contribution in [3.05, 3.63) is 47.5 Å². The van der Waals surface area contributed by atoms with Gasteiger partial charge < -0.3 is 5.32 Å². The maximum atomic E-state index is 13.3.